The van der Waals surface area contributed by atoms with Crippen molar-refractivity contribution >= 4 is 22.5 Å². The van der Waals surface area contributed by atoms with Gasteiger partial charge in [0.2, 0.25) is 0 Å². The molecule has 2 saturated heterocycles. The Balaban J connectivity index is 1.28. The second kappa shape index (κ2) is 8.91. The number of hydrogen-bond donors (Lipinski definition) is 0. The third-order valence-corrected chi connectivity index (χ3v) is 7.05. The van der Waals surface area contributed by atoms with Crippen molar-refractivity contribution in [1.82, 2.24) is 14.8 Å². The van der Waals surface area contributed by atoms with E-state index in [1.807, 2.05) is 37.3 Å². The number of anilines is 1. The molecular formula is C27H32N4O. The summed E-state index contributed by atoms with van der Waals surface area (Å²) < 4.78 is 0. The van der Waals surface area contributed by atoms with Gasteiger partial charge in [0.1, 0.15) is 0 Å². The van der Waals surface area contributed by atoms with E-state index in [9.17, 15) is 4.79 Å². The van der Waals surface area contributed by atoms with Crippen molar-refractivity contribution in [3.8, 4) is 0 Å². The molecule has 2 aliphatic heterocycles. The van der Waals surface area contributed by atoms with E-state index >= 15 is 0 Å². The van der Waals surface area contributed by atoms with E-state index in [2.05, 4.69) is 50.9 Å². The van der Waals surface area contributed by atoms with Crippen LogP contribution in [0.1, 0.15) is 34.5 Å². The normalized spacial score (nSPS) is 20.0. The van der Waals surface area contributed by atoms with Gasteiger partial charge in [0.25, 0.3) is 5.91 Å². The molecule has 0 N–H and O–H groups in total. The number of likely N-dealkylation sites (tertiary alicyclic amines) is 1. The number of para-hydroxylation sites is 2. The molecule has 32 heavy (non-hydrogen) atoms. The summed E-state index contributed by atoms with van der Waals surface area (Å²) in [7, 11) is 0. The molecule has 1 atom stereocenters. The molecule has 0 saturated carbocycles. The maximum atomic E-state index is 13.5. The number of piperazine rings is 1. The summed E-state index contributed by atoms with van der Waals surface area (Å²) in [6, 6.07) is 19.0. The van der Waals surface area contributed by atoms with Crippen LogP contribution < -0.4 is 4.90 Å². The largest absolute Gasteiger partial charge is 0.369 e. The van der Waals surface area contributed by atoms with Crippen LogP contribution in [0.5, 0.6) is 0 Å². The first-order valence-corrected chi connectivity index (χ1v) is 11.8. The predicted octanol–water partition coefficient (Wildman–Crippen LogP) is 4.28. The van der Waals surface area contributed by atoms with Gasteiger partial charge in [-0.05, 0) is 50.5 Å². The van der Waals surface area contributed by atoms with Crippen molar-refractivity contribution in [3.05, 3.63) is 71.4 Å². The fourth-order valence-corrected chi connectivity index (χ4v) is 5.34. The van der Waals surface area contributed by atoms with Crippen molar-refractivity contribution in [3.63, 3.8) is 0 Å². The summed E-state index contributed by atoms with van der Waals surface area (Å²) in [6.07, 6.45) is 2.24. The van der Waals surface area contributed by atoms with Crippen LogP contribution in [-0.2, 0) is 0 Å². The molecule has 1 unspecified atom stereocenters. The molecule has 2 fully saturated rings. The molecule has 166 valence electrons. The van der Waals surface area contributed by atoms with E-state index in [1.165, 1.54) is 17.7 Å². The first-order valence-electron chi connectivity index (χ1n) is 11.8. The van der Waals surface area contributed by atoms with Gasteiger partial charge in [-0.25, -0.2) is 0 Å². The van der Waals surface area contributed by atoms with Gasteiger partial charge in [0, 0.05) is 62.1 Å². The highest BCUT2D eigenvalue weighted by Gasteiger charge is 2.31. The summed E-state index contributed by atoms with van der Waals surface area (Å²) in [5.74, 6) is 0.148. The maximum absolute atomic E-state index is 13.5. The lowest BCUT2D eigenvalue weighted by Crippen LogP contribution is -2.56. The number of fused-ring (bicyclic) bond motifs is 1. The average molecular weight is 429 g/mol. The zero-order chi connectivity index (χ0) is 22.1. The molecule has 3 heterocycles. The van der Waals surface area contributed by atoms with Crippen LogP contribution >= 0.6 is 0 Å². The lowest BCUT2D eigenvalue weighted by Gasteiger charge is -2.44. The molecule has 0 spiro atoms. The van der Waals surface area contributed by atoms with Crippen LogP contribution in [0, 0.1) is 13.8 Å². The number of aryl methyl sites for hydroxylation is 2. The Kier molecular flexibility index (Phi) is 5.83. The van der Waals surface area contributed by atoms with E-state index in [4.69, 9.17) is 0 Å². The second-order valence-corrected chi connectivity index (χ2v) is 9.19. The first-order chi connectivity index (χ1) is 15.6. The Hall–Kier alpha value is -2.92. The Labute approximate surface area is 190 Å². The minimum atomic E-state index is 0.148. The summed E-state index contributed by atoms with van der Waals surface area (Å²) in [6.45, 7) is 10.0. The highest BCUT2D eigenvalue weighted by atomic mass is 16.2. The molecule has 2 aromatic carbocycles. The van der Waals surface area contributed by atoms with Gasteiger partial charge in [0.05, 0.1) is 11.1 Å². The topological polar surface area (TPSA) is 39.7 Å². The van der Waals surface area contributed by atoms with E-state index in [-0.39, 0.29) is 5.91 Å². The van der Waals surface area contributed by atoms with Gasteiger partial charge in [0.15, 0.2) is 0 Å². The minimum absolute atomic E-state index is 0.148. The maximum Gasteiger partial charge on any atom is 0.254 e. The molecule has 0 radical (unpaired) electrons. The Morgan fingerprint density at radius 3 is 2.50 bits per heavy atom. The van der Waals surface area contributed by atoms with Gasteiger partial charge in [-0.2, -0.15) is 0 Å². The monoisotopic (exact) mass is 428 g/mol. The van der Waals surface area contributed by atoms with E-state index < -0.39 is 0 Å². The molecular weight excluding hydrogens is 396 g/mol. The number of pyridine rings is 1. The highest BCUT2D eigenvalue weighted by Crippen LogP contribution is 2.25. The Morgan fingerprint density at radius 2 is 1.69 bits per heavy atom. The average Bonchev–Trinajstić information content (AvgIpc) is 2.83. The van der Waals surface area contributed by atoms with Gasteiger partial charge in [-0.1, -0.05) is 36.4 Å². The van der Waals surface area contributed by atoms with E-state index in [0.717, 1.165) is 67.8 Å². The summed E-state index contributed by atoms with van der Waals surface area (Å²) in [4.78, 5) is 25.3. The lowest BCUT2D eigenvalue weighted by atomic mass is 10.0. The number of nitrogens with zero attached hydrogens (tertiary/aromatic N) is 4. The van der Waals surface area contributed by atoms with Crippen LogP contribution in [0.4, 0.5) is 5.69 Å². The zero-order valence-electron chi connectivity index (χ0n) is 19.1. The number of hydrogen-bond acceptors (Lipinski definition) is 4. The molecule has 5 heteroatoms. The van der Waals surface area contributed by atoms with Crippen molar-refractivity contribution < 1.29 is 4.79 Å². The van der Waals surface area contributed by atoms with Crippen LogP contribution in [0.25, 0.3) is 10.9 Å². The third-order valence-electron chi connectivity index (χ3n) is 7.05. The number of rotatable bonds is 3. The Bertz CT molecular complexity index is 1120. The zero-order valence-corrected chi connectivity index (χ0v) is 19.1. The lowest BCUT2D eigenvalue weighted by molar-refractivity contribution is 0.0565. The fourth-order valence-electron chi connectivity index (χ4n) is 5.34. The second-order valence-electron chi connectivity index (χ2n) is 9.19. The molecule has 0 bridgehead atoms. The molecule has 5 rings (SSSR count). The van der Waals surface area contributed by atoms with Gasteiger partial charge >= 0.3 is 0 Å². The van der Waals surface area contributed by atoms with Crippen LogP contribution in [0.2, 0.25) is 0 Å². The quantitative estimate of drug-likeness (QED) is 0.624. The molecule has 3 aromatic rings. The fraction of sp³-hybridized carbons (Fsp3) is 0.407. The number of carbonyl (C=O) groups is 1. The standard InChI is InChI=1S/C27H32N4O/c1-20-8-3-6-12-26(20)30-16-14-29(15-17-30)22-9-7-13-31(19-22)27(32)24-18-21(2)28-25-11-5-4-10-23(24)25/h3-6,8,10-12,18,22H,7,9,13-17,19H2,1-2H3. The van der Waals surface area contributed by atoms with E-state index in [0.29, 0.717) is 6.04 Å². The summed E-state index contributed by atoms with van der Waals surface area (Å²) >= 11 is 0. The number of carbonyl (C=O) groups excluding carboxylic acids is 1. The Morgan fingerprint density at radius 1 is 0.938 bits per heavy atom. The summed E-state index contributed by atoms with van der Waals surface area (Å²) in [5.41, 5.74) is 5.28. The highest BCUT2D eigenvalue weighted by molar-refractivity contribution is 6.06. The number of amides is 1. The van der Waals surface area contributed by atoms with E-state index in [1.54, 1.807) is 0 Å². The van der Waals surface area contributed by atoms with Crippen molar-refractivity contribution in [1.29, 1.82) is 0 Å². The predicted molar refractivity (Wildman–Crippen MR) is 130 cm³/mol. The molecule has 5 nitrogen and oxygen atoms in total. The molecule has 2 aliphatic rings. The van der Waals surface area contributed by atoms with Crippen molar-refractivity contribution in [2.24, 2.45) is 0 Å². The molecule has 1 amide bonds. The van der Waals surface area contributed by atoms with Gasteiger partial charge in [-0.3, -0.25) is 14.7 Å². The molecule has 0 aliphatic carbocycles. The molecule has 1 aromatic heterocycles. The number of piperidine rings is 1. The third kappa shape index (κ3) is 4.09. The van der Waals surface area contributed by atoms with Gasteiger partial charge < -0.3 is 9.80 Å². The number of benzene rings is 2. The summed E-state index contributed by atoms with van der Waals surface area (Å²) in [5, 5.41) is 0.956. The minimum Gasteiger partial charge on any atom is -0.369 e. The van der Waals surface area contributed by atoms with Gasteiger partial charge in [-0.15, -0.1) is 0 Å². The van der Waals surface area contributed by atoms with Crippen molar-refractivity contribution in [2.75, 3.05) is 44.2 Å². The van der Waals surface area contributed by atoms with Crippen LogP contribution in [0.3, 0.4) is 0 Å². The SMILES string of the molecule is Cc1cc(C(=O)N2CCCC(N3CCN(c4ccccc4C)CC3)C2)c2ccccc2n1. The first kappa shape index (κ1) is 21.0. The van der Waals surface area contributed by atoms with Crippen LogP contribution in [0.15, 0.2) is 54.6 Å². The smallest absolute Gasteiger partial charge is 0.254 e. The van der Waals surface area contributed by atoms with Crippen molar-refractivity contribution in [2.45, 2.75) is 32.7 Å². The number of aromatic nitrogens is 1. The van der Waals surface area contributed by atoms with Crippen LogP contribution in [-0.4, -0.2) is 66.0 Å².